The Hall–Kier alpha value is -0.150. The summed E-state index contributed by atoms with van der Waals surface area (Å²) in [4.78, 5) is 4.72. The highest BCUT2D eigenvalue weighted by atomic mass is 32.1. The zero-order valence-corrected chi connectivity index (χ0v) is 7.44. The normalized spacial score (nSPS) is 23.1. The van der Waals surface area contributed by atoms with Gasteiger partial charge in [-0.25, -0.2) is 0 Å². The van der Waals surface area contributed by atoms with Gasteiger partial charge in [0.2, 0.25) is 0 Å². The molecule has 2 rings (SSSR count). The third-order valence-corrected chi connectivity index (χ3v) is 3.36. The van der Waals surface area contributed by atoms with E-state index >= 15 is 0 Å². The summed E-state index contributed by atoms with van der Waals surface area (Å²) in [6, 6.07) is 0. The van der Waals surface area contributed by atoms with E-state index in [2.05, 4.69) is 11.9 Å². The van der Waals surface area contributed by atoms with Crippen molar-refractivity contribution in [2.45, 2.75) is 25.7 Å². The summed E-state index contributed by atoms with van der Waals surface area (Å²) < 4.78 is 0.941. The zero-order chi connectivity index (χ0) is 7.14. The molecule has 1 unspecified atom stereocenters. The third-order valence-electron chi connectivity index (χ3n) is 2.05. The third kappa shape index (κ3) is 0.847. The molecule has 3 heteroatoms. The molecule has 1 aromatic rings. The van der Waals surface area contributed by atoms with Crippen LogP contribution in [0.4, 0.5) is 0 Å². The first-order chi connectivity index (χ1) is 4.77. The summed E-state index contributed by atoms with van der Waals surface area (Å²) in [5, 5.41) is 0. The number of rotatable bonds is 0. The fourth-order valence-electron chi connectivity index (χ4n) is 1.45. The number of fused-ring (bicyclic) bond motifs is 1. The van der Waals surface area contributed by atoms with Gasteiger partial charge in [0, 0.05) is 10.6 Å². The average Bonchev–Trinajstić information content (AvgIpc) is 2.35. The van der Waals surface area contributed by atoms with Crippen molar-refractivity contribution in [2.24, 2.45) is 0 Å². The first-order valence-corrected chi connectivity index (χ1v) is 4.71. The topological polar surface area (TPSA) is 15.8 Å². The van der Waals surface area contributed by atoms with Gasteiger partial charge in [0.1, 0.15) is 0 Å². The van der Waals surface area contributed by atoms with Crippen molar-refractivity contribution in [2.75, 3.05) is 0 Å². The van der Waals surface area contributed by atoms with Crippen molar-refractivity contribution in [1.82, 2.24) is 4.98 Å². The van der Waals surface area contributed by atoms with Crippen LogP contribution >= 0.6 is 23.6 Å². The van der Waals surface area contributed by atoms with Gasteiger partial charge in [-0.1, -0.05) is 6.92 Å². The van der Waals surface area contributed by atoms with Crippen LogP contribution in [0.15, 0.2) is 0 Å². The van der Waals surface area contributed by atoms with E-state index < -0.39 is 0 Å². The van der Waals surface area contributed by atoms with Crippen molar-refractivity contribution < 1.29 is 0 Å². The molecular weight excluding hydrogens is 162 g/mol. The molecule has 10 heavy (non-hydrogen) atoms. The maximum absolute atomic E-state index is 5.04. The summed E-state index contributed by atoms with van der Waals surface area (Å²) in [5.41, 5.74) is 1.40. The quantitative estimate of drug-likeness (QED) is 0.593. The molecule has 1 aromatic heterocycles. The monoisotopic (exact) mass is 171 g/mol. The molecule has 1 aliphatic carbocycles. The lowest BCUT2D eigenvalue weighted by Gasteiger charge is -1.96. The smallest absolute Gasteiger partial charge is 0.158 e. The van der Waals surface area contributed by atoms with E-state index in [-0.39, 0.29) is 0 Å². The zero-order valence-electron chi connectivity index (χ0n) is 5.81. The second-order valence-electron chi connectivity index (χ2n) is 2.79. The Labute approximate surface area is 69.1 Å². The van der Waals surface area contributed by atoms with Gasteiger partial charge in [-0.15, -0.1) is 11.3 Å². The van der Waals surface area contributed by atoms with Gasteiger partial charge in [-0.05, 0) is 31.0 Å². The molecule has 0 amide bonds. The second-order valence-corrected chi connectivity index (χ2v) is 4.56. The minimum absolute atomic E-state index is 0.711. The molecular formula is C7H9NS2. The summed E-state index contributed by atoms with van der Waals surface area (Å²) in [5.74, 6) is 0.711. The molecule has 0 fully saturated rings. The number of aryl methyl sites for hydroxylation is 1. The van der Waals surface area contributed by atoms with E-state index in [1.165, 1.54) is 23.4 Å². The highest BCUT2D eigenvalue weighted by Crippen LogP contribution is 2.34. The SMILES string of the molecule is CC1CCc2sc(=S)[nH]c21. The lowest BCUT2D eigenvalue weighted by Crippen LogP contribution is -1.85. The van der Waals surface area contributed by atoms with Crippen LogP contribution in [0.25, 0.3) is 0 Å². The van der Waals surface area contributed by atoms with Crippen LogP contribution in [0.2, 0.25) is 0 Å². The lowest BCUT2D eigenvalue weighted by atomic mass is 10.1. The van der Waals surface area contributed by atoms with Crippen LogP contribution in [0.3, 0.4) is 0 Å². The maximum atomic E-state index is 5.04. The molecule has 1 heterocycles. The molecule has 0 saturated heterocycles. The van der Waals surface area contributed by atoms with Gasteiger partial charge in [-0.2, -0.15) is 0 Å². The largest absolute Gasteiger partial charge is 0.340 e. The molecule has 1 N–H and O–H groups in total. The number of aromatic nitrogens is 1. The standard InChI is InChI=1S/C7H9NS2/c1-4-2-3-5-6(4)8-7(9)10-5/h4H,2-3H2,1H3,(H,8,9). The molecule has 0 aliphatic heterocycles. The molecule has 1 atom stereocenters. The van der Waals surface area contributed by atoms with Gasteiger partial charge < -0.3 is 4.98 Å². The summed E-state index contributed by atoms with van der Waals surface area (Å²) in [7, 11) is 0. The van der Waals surface area contributed by atoms with E-state index in [4.69, 9.17) is 12.2 Å². The molecule has 0 saturated carbocycles. The number of H-pyrrole nitrogens is 1. The van der Waals surface area contributed by atoms with Crippen molar-refractivity contribution >= 4 is 23.6 Å². The van der Waals surface area contributed by atoms with E-state index in [1.807, 2.05) is 0 Å². The molecule has 0 bridgehead atoms. The van der Waals surface area contributed by atoms with Crippen molar-refractivity contribution in [1.29, 1.82) is 0 Å². The Morgan fingerprint density at radius 2 is 2.50 bits per heavy atom. The van der Waals surface area contributed by atoms with E-state index in [0.29, 0.717) is 5.92 Å². The predicted octanol–water partition coefficient (Wildman–Crippen LogP) is 2.86. The molecule has 1 aliphatic rings. The van der Waals surface area contributed by atoms with Crippen molar-refractivity contribution in [3.8, 4) is 0 Å². The average molecular weight is 171 g/mol. The van der Waals surface area contributed by atoms with E-state index in [0.717, 1.165) is 3.95 Å². The van der Waals surface area contributed by atoms with E-state index in [1.54, 1.807) is 11.3 Å². The molecule has 0 radical (unpaired) electrons. The second kappa shape index (κ2) is 2.17. The molecule has 54 valence electrons. The number of hydrogen-bond acceptors (Lipinski definition) is 2. The highest BCUT2D eigenvalue weighted by molar-refractivity contribution is 7.73. The highest BCUT2D eigenvalue weighted by Gasteiger charge is 2.20. The summed E-state index contributed by atoms with van der Waals surface area (Å²) >= 11 is 6.78. The molecule has 1 nitrogen and oxygen atoms in total. The van der Waals surface area contributed by atoms with Gasteiger partial charge in [-0.3, -0.25) is 0 Å². The van der Waals surface area contributed by atoms with Crippen LogP contribution < -0.4 is 0 Å². The number of nitrogens with one attached hydrogen (secondary N) is 1. The van der Waals surface area contributed by atoms with Crippen LogP contribution in [-0.2, 0) is 6.42 Å². The molecule has 0 spiro atoms. The van der Waals surface area contributed by atoms with Crippen LogP contribution in [0.5, 0.6) is 0 Å². The van der Waals surface area contributed by atoms with Gasteiger partial charge in [0.15, 0.2) is 3.95 Å². The minimum Gasteiger partial charge on any atom is -0.340 e. The number of aromatic amines is 1. The Morgan fingerprint density at radius 3 is 3.20 bits per heavy atom. The van der Waals surface area contributed by atoms with E-state index in [9.17, 15) is 0 Å². The lowest BCUT2D eigenvalue weighted by molar-refractivity contribution is 0.730. The van der Waals surface area contributed by atoms with Crippen molar-refractivity contribution in [3.05, 3.63) is 14.5 Å². The Bertz CT molecular complexity index is 297. The van der Waals surface area contributed by atoms with Gasteiger partial charge in [0.05, 0.1) is 0 Å². The van der Waals surface area contributed by atoms with Gasteiger partial charge >= 0.3 is 0 Å². The maximum Gasteiger partial charge on any atom is 0.158 e. The number of thiazole rings is 1. The minimum atomic E-state index is 0.711. The fraction of sp³-hybridized carbons (Fsp3) is 0.571. The van der Waals surface area contributed by atoms with Crippen LogP contribution in [0.1, 0.15) is 29.8 Å². The van der Waals surface area contributed by atoms with Crippen LogP contribution in [-0.4, -0.2) is 4.98 Å². The van der Waals surface area contributed by atoms with Gasteiger partial charge in [0.25, 0.3) is 0 Å². The predicted molar refractivity (Wildman–Crippen MR) is 46.2 cm³/mol. The summed E-state index contributed by atoms with van der Waals surface area (Å²) in [6.07, 6.45) is 2.53. The first-order valence-electron chi connectivity index (χ1n) is 3.49. The van der Waals surface area contributed by atoms with Crippen LogP contribution in [0, 0.1) is 3.95 Å². The number of hydrogen-bond donors (Lipinski definition) is 1. The Kier molecular flexibility index (Phi) is 1.42. The molecule has 0 aromatic carbocycles. The first kappa shape index (κ1) is 6.55. The summed E-state index contributed by atoms with van der Waals surface area (Å²) in [6.45, 7) is 2.25. The fourth-order valence-corrected chi connectivity index (χ4v) is 2.83. The van der Waals surface area contributed by atoms with Crippen molar-refractivity contribution in [3.63, 3.8) is 0 Å². The Morgan fingerprint density at radius 1 is 1.70 bits per heavy atom. The Balaban J connectivity index is 2.59.